The summed E-state index contributed by atoms with van der Waals surface area (Å²) in [6.07, 6.45) is 2.98. The van der Waals surface area contributed by atoms with Gasteiger partial charge in [-0.2, -0.15) is 10.1 Å². The lowest BCUT2D eigenvalue weighted by Crippen LogP contribution is -2.24. The van der Waals surface area contributed by atoms with E-state index < -0.39 is 12.0 Å². The molecule has 1 aromatic carbocycles. The van der Waals surface area contributed by atoms with Gasteiger partial charge < -0.3 is 19.9 Å². The number of benzene rings is 1. The zero-order valence-electron chi connectivity index (χ0n) is 13.6. The van der Waals surface area contributed by atoms with Crippen LogP contribution in [0.15, 0.2) is 36.3 Å². The highest BCUT2D eigenvalue weighted by Gasteiger charge is 2.26. The number of carbonyl (C=O) groups is 1. The van der Waals surface area contributed by atoms with Crippen LogP contribution in [0.1, 0.15) is 25.5 Å². The Morgan fingerprint density at radius 2 is 2.17 bits per heavy atom. The molecule has 0 amide bonds. The standard InChI is InChI=1S/C16H18N4O4/c1-9(2)24-13-5-4-10(6-14(13)23-3)12-7-11(15(21)22)19-16-17-8-18-20(12)16/h4-9,12H,1-3H3,(H,21,22)(H,17,18,19). The first kappa shape index (κ1) is 15.9. The average molecular weight is 330 g/mol. The minimum Gasteiger partial charge on any atom is -0.493 e. The topological polar surface area (TPSA) is 98.5 Å². The molecule has 126 valence electrons. The van der Waals surface area contributed by atoms with Crippen LogP contribution in [0.2, 0.25) is 0 Å². The van der Waals surface area contributed by atoms with Crippen LogP contribution >= 0.6 is 0 Å². The largest absolute Gasteiger partial charge is 0.493 e. The van der Waals surface area contributed by atoms with Gasteiger partial charge in [0.1, 0.15) is 18.1 Å². The van der Waals surface area contributed by atoms with E-state index >= 15 is 0 Å². The third-order valence-electron chi connectivity index (χ3n) is 3.53. The summed E-state index contributed by atoms with van der Waals surface area (Å²) in [5, 5.41) is 16.2. The summed E-state index contributed by atoms with van der Waals surface area (Å²) in [7, 11) is 1.56. The predicted molar refractivity (Wildman–Crippen MR) is 86.3 cm³/mol. The maximum atomic E-state index is 11.3. The van der Waals surface area contributed by atoms with Crippen molar-refractivity contribution in [2.45, 2.75) is 26.0 Å². The number of aromatic nitrogens is 3. The second kappa shape index (κ2) is 6.23. The number of ether oxygens (including phenoxy) is 2. The van der Waals surface area contributed by atoms with Crippen molar-refractivity contribution in [1.82, 2.24) is 14.8 Å². The maximum Gasteiger partial charge on any atom is 0.352 e. The van der Waals surface area contributed by atoms with Crippen LogP contribution in [-0.4, -0.2) is 39.1 Å². The summed E-state index contributed by atoms with van der Waals surface area (Å²) >= 11 is 0. The Morgan fingerprint density at radius 1 is 1.38 bits per heavy atom. The van der Waals surface area contributed by atoms with Gasteiger partial charge in [-0.15, -0.1) is 0 Å². The van der Waals surface area contributed by atoms with Crippen molar-refractivity contribution >= 4 is 11.9 Å². The van der Waals surface area contributed by atoms with E-state index in [1.807, 2.05) is 26.0 Å². The number of methoxy groups -OCH3 is 1. The van der Waals surface area contributed by atoms with Crippen LogP contribution in [0.4, 0.5) is 5.95 Å². The summed E-state index contributed by atoms with van der Waals surface area (Å²) in [5.74, 6) is 0.528. The molecule has 2 aromatic rings. The zero-order chi connectivity index (χ0) is 17.3. The Labute approximate surface area is 138 Å². The predicted octanol–water partition coefficient (Wildman–Crippen LogP) is 2.06. The fourth-order valence-corrected chi connectivity index (χ4v) is 2.52. The zero-order valence-corrected chi connectivity index (χ0v) is 13.6. The first-order chi connectivity index (χ1) is 11.5. The van der Waals surface area contributed by atoms with Gasteiger partial charge >= 0.3 is 5.97 Å². The van der Waals surface area contributed by atoms with Gasteiger partial charge in [0.05, 0.1) is 13.2 Å². The normalized spacial score (nSPS) is 16.2. The van der Waals surface area contributed by atoms with Crippen LogP contribution in [0.25, 0.3) is 0 Å². The number of aliphatic carboxylic acids is 1. The highest BCUT2D eigenvalue weighted by molar-refractivity contribution is 5.90. The lowest BCUT2D eigenvalue weighted by Gasteiger charge is -2.23. The first-order valence-electron chi connectivity index (χ1n) is 7.46. The molecule has 8 nitrogen and oxygen atoms in total. The van der Waals surface area contributed by atoms with E-state index in [4.69, 9.17) is 9.47 Å². The molecule has 0 spiro atoms. The molecule has 0 saturated heterocycles. The van der Waals surface area contributed by atoms with Gasteiger partial charge in [-0.05, 0) is 37.6 Å². The Balaban J connectivity index is 2.03. The third-order valence-corrected chi connectivity index (χ3v) is 3.53. The molecule has 0 bridgehead atoms. The second-order valence-corrected chi connectivity index (χ2v) is 5.56. The molecule has 1 atom stereocenters. The highest BCUT2D eigenvalue weighted by Crippen LogP contribution is 2.35. The molecule has 0 fully saturated rings. The molecule has 0 saturated carbocycles. The molecule has 24 heavy (non-hydrogen) atoms. The van der Waals surface area contributed by atoms with Crippen molar-refractivity contribution in [3.8, 4) is 11.5 Å². The Morgan fingerprint density at radius 3 is 2.83 bits per heavy atom. The van der Waals surface area contributed by atoms with E-state index in [0.29, 0.717) is 17.4 Å². The van der Waals surface area contributed by atoms with Crippen molar-refractivity contribution in [3.05, 3.63) is 41.9 Å². The van der Waals surface area contributed by atoms with Gasteiger partial charge in [-0.1, -0.05) is 6.07 Å². The molecule has 1 aliphatic heterocycles. The molecule has 8 heteroatoms. The van der Waals surface area contributed by atoms with E-state index in [9.17, 15) is 9.90 Å². The summed E-state index contributed by atoms with van der Waals surface area (Å²) in [5.41, 5.74) is 0.872. The number of fused-ring (bicyclic) bond motifs is 1. The second-order valence-electron chi connectivity index (χ2n) is 5.56. The fourth-order valence-electron chi connectivity index (χ4n) is 2.52. The van der Waals surface area contributed by atoms with Crippen molar-refractivity contribution in [3.63, 3.8) is 0 Å². The van der Waals surface area contributed by atoms with Crippen LogP contribution < -0.4 is 14.8 Å². The Kier molecular flexibility index (Phi) is 4.11. The SMILES string of the molecule is COc1cc(C2C=C(C(=O)O)Nc3ncnn32)ccc1OC(C)C. The first-order valence-corrected chi connectivity index (χ1v) is 7.46. The van der Waals surface area contributed by atoms with Gasteiger partial charge in [0.15, 0.2) is 11.5 Å². The van der Waals surface area contributed by atoms with E-state index in [0.717, 1.165) is 5.56 Å². The summed E-state index contributed by atoms with van der Waals surface area (Å²) in [6, 6.07) is 5.07. The Hall–Kier alpha value is -3.03. The minimum atomic E-state index is -1.05. The van der Waals surface area contributed by atoms with Crippen molar-refractivity contribution in [2.75, 3.05) is 12.4 Å². The third kappa shape index (κ3) is 2.90. The number of nitrogens with zero attached hydrogens (tertiary/aromatic N) is 3. The number of hydrogen-bond acceptors (Lipinski definition) is 6. The highest BCUT2D eigenvalue weighted by atomic mass is 16.5. The molecule has 1 aromatic heterocycles. The number of allylic oxidation sites excluding steroid dienone is 1. The molecular weight excluding hydrogens is 312 g/mol. The summed E-state index contributed by atoms with van der Waals surface area (Å²) in [4.78, 5) is 15.4. The number of rotatable bonds is 5. The fraction of sp³-hybridized carbons (Fsp3) is 0.312. The van der Waals surface area contributed by atoms with Crippen LogP contribution in [-0.2, 0) is 4.79 Å². The van der Waals surface area contributed by atoms with Crippen molar-refractivity contribution < 1.29 is 19.4 Å². The van der Waals surface area contributed by atoms with Crippen molar-refractivity contribution in [1.29, 1.82) is 0 Å². The molecule has 2 heterocycles. The van der Waals surface area contributed by atoms with Crippen molar-refractivity contribution in [2.24, 2.45) is 0 Å². The number of carboxylic acids is 1. The molecule has 0 aliphatic carbocycles. The van der Waals surface area contributed by atoms with Crippen LogP contribution in [0.5, 0.6) is 11.5 Å². The van der Waals surface area contributed by atoms with Gasteiger partial charge in [-0.3, -0.25) is 0 Å². The number of anilines is 1. The Bertz CT molecular complexity index is 797. The van der Waals surface area contributed by atoms with Gasteiger partial charge in [-0.25, -0.2) is 9.48 Å². The molecule has 1 unspecified atom stereocenters. The molecule has 2 N–H and O–H groups in total. The minimum absolute atomic E-state index is 0.0176. The summed E-state index contributed by atoms with van der Waals surface area (Å²) in [6.45, 7) is 3.87. The van der Waals surface area contributed by atoms with Gasteiger partial charge in [0, 0.05) is 0 Å². The monoisotopic (exact) mass is 330 g/mol. The lowest BCUT2D eigenvalue weighted by molar-refractivity contribution is -0.132. The number of nitrogens with one attached hydrogen (secondary N) is 1. The van der Waals surface area contributed by atoms with Crippen LogP contribution in [0.3, 0.4) is 0 Å². The van der Waals surface area contributed by atoms with E-state index in [1.54, 1.807) is 23.9 Å². The smallest absolute Gasteiger partial charge is 0.352 e. The van der Waals surface area contributed by atoms with E-state index in [2.05, 4.69) is 15.4 Å². The van der Waals surface area contributed by atoms with Gasteiger partial charge in [0.25, 0.3) is 0 Å². The lowest BCUT2D eigenvalue weighted by atomic mass is 10.0. The number of carboxylic acid groups (broad SMARTS) is 1. The van der Waals surface area contributed by atoms with E-state index in [-0.39, 0.29) is 11.8 Å². The van der Waals surface area contributed by atoms with Gasteiger partial charge in [0.2, 0.25) is 5.95 Å². The maximum absolute atomic E-state index is 11.3. The molecule has 0 radical (unpaired) electrons. The average Bonchev–Trinajstić information content (AvgIpc) is 3.02. The molecule has 3 rings (SSSR count). The molecular formula is C16H18N4O4. The quantitative estimate of drug-likeness (QED) is 0.865. The van der Waals surface area contributed by atoms with E-state index in [1.165, 1.54) is 6.33 Å². The van der Waals surface area contributed by atoms with Crippen LogP contribution in [0, 0.1) is 0 Å². The number of hydrogen-bond donors (Lipinski definition) is 2. The molecule has 1 aliphatic rings. The summed E-state index contributed by atoms with van der Waals surface area (Å²) < 4.78 is 12.7.